The van der Waals surface area contributed by atoms with Gasteiger partial charge in [0.1, 0.15) is 18.0 Å². The molecule has 20 heavy (non-hydrogen) atoms. The van der Waals surface area contributed by atoms with Gasteiger partial charge in [0.2, 0.25) is 5.91 Å². The predicted molar refractivity (Wildman–Crippen MR) is 78.5 cm³/mol. The van der Waals surface area contributed by atoms with Gasteiger partial charge in [0, 0.05) is 32.2 Å². The summed E-state index contributed by atoms with van der Waals surface area (Å²) in [6.45, 7) is 5.58. The monoisotopic (exact) mass is 281 g/mol. The van der Waals surface area contributed by atoms with Gasteiger partial charge in [0.25, 0.3) is 0 Å². The summed E-state index contributed by atoms with van der Waals surface area (Å²) in [4.78, 5) is 19.7. The summed E-state index contributed by atoms with van der Waals surface area (Å²) in [5, 5.41) is 5.89. The Balaban J connectivity index is 2.46. The maximum absolute atomic E-state index is 11.5. The van der Waals surface area contributed by atoms with Crippen LogP contribution in [0.4, 0.5) is 11.6 Å². The van der Waals surface area contributed by atoms with E-state index in [-0.39, 0.29) is 11.8 Å². The summed E-state index contributed by atoms with van der Waals surface area (Å²) in [5.41, 5.74) is 6.73. The number of aromatic nitrogens is 2. The number of hydrogen-bond donors (Lipinski definition) is 3. The first kappa shape index (κ1) is 16.2. The molecule has 0 spiro atoms. The molecule has 7 heteroatoms. The molecule has 1 rings (SSSR count). The average molecular weight is 281 g/mol. The van der Waals surface area contributed by atoms with E-state index in [0.29, 0.717) is 37.8 Å². The molecule has 0 saturated carbocycles. The molecular weight excluding hydrogens is 258 g/mol. The molecule has 0 aliphatic rings. The van der Waals surface area contributed by atoms with Gasteiger partial charge in [-0.25, -0.2) is 9.97 Å². The Morgan fingerprint density at radius 1 is 1.40 bits per heavy atom. The van der Waals surface area contributed by atoms with Crippen LogP contribution in [0.5, 0.6) is 0 Å². The molecule has 1 aromatic rings. The number of nitrogens with two attached hydrogens (primary N) is 1. The van der Waals surface area contributed by atoms with E-state index in [4.69, 9.17) is 10.5 Å². The summed E-state index contributed by atoms with van der Waals surface area (Å²) in [6.07, 6.45) is 1.79. The topological polar surface area (TPSA) is 102 Å². The highest BCUT2D eigenvalue weighted by atomic mass is 16.5. The molecule has 0 atom stereocenters. The van der Waals surface area contributed by atoms with Gasteiger partial charge in [0.15, 0.2) is 0 Å². The highest BCUT2D eigenvalue weighted by molar-refractivity contribution is 5.76. The van der Waals surface area contributed by atoms with Crippen molar-refractivity contribution in [2.75, 3.05) is 37.9 Å². The lowest BCUT2D eigenvalue weighted by Crippen LogP contribution is -2.28. The zero-order valence-corrected chi connectivity index (χ0v) is 12.3. The lowest BCUT2D eigenvalue weighted by Gasteiger charge is -2.14. The van der Waals surface area contributed by atoms with Crippen molar-refractivity contribution in [2.45, 2.75) is 26.2 Å². The Kier molecular flexibility index (Phi) is 6.72. The molecule has 0 fully saturated rings. The summed E-state index contributed by atoms with van der Waals surface area (Å²) in [7, 11) is 1.60. The lowest BCUT2D eigenvalue weighted by molar-refractivity contribution is -0.121. The van der Waals surface area contributed by atoms with Gasteiger partial charge in [-0.3, -0.25) is 4.79 Å². The van der Waals surface area contributed by atoms with E-state index in [1.807, 2.05) is 13.8 Å². The molecule has 0 aliphatic heterocycles. The van der Waals surface area contributed by atoms with E-state index in [2.05, 4.69) is 20.6 Å². The molecule has 0 aromatic carbocycles. The number of methoxy groups -OCH3 is 1. The number of carbonyl (C=O) groups is 1. The quantitative estimate of drug-likeness (QED) is 0.608. The van der Waals surface area contributed by atoms with Crippen LogP contribution in [0.25, 0.3) is 0 Å². The molecule has 112 valence electrons. The number of nitrogens with zero attached hydrogens (tertiary/aromatic N) is 2. The predicted octanol–water partition coefficient (Wildman–Crippen LogP) is 0.747. The molecule has 1 aromatic heterocycles. The Morgan fingerprint density at radius 3 is 2.80 bits per heavy atom. The van der Waals surface area contributed by atoms with Crippen LogP contribution in [-0.4, -0.2) is 42.7 Å². The van der Waals surface area contributed by atoms with Crippen LogP contribution in [0.3, 0.4) is 0 Å². The number of amides is 1. The fourth-order valence-corrected chi connectivity index (χ4v) is 1.79. The van der Waals surface area contributed by atoms with Crippen molar-refractivity contribution in [1.82, 2.24) is 15.3 Å². The van der Waals surface area contributed by atoms with Gasteiger partial charge >= 0.3 is 0 Å². The number of anilines is 2. The van der Waals surface area contributed by atoms with Crippen LogP contribution in [0.15, 0.2) is 6.33 Å². The Morgan fingerprint density at radius 2 is 2.15 bits per heavy atom. The van der Waals surface area contributed by atoms with E-state index in [9.17, 15) is 4.79 Å². The number of ether oxygens (including phenoxy) is 1. The number of nitrogens with one attached hydrogen (secondary N) is 2. The van der Waals surface area contributed by atoms with E-state index in [1.54, 1.807) is 7.11 Å². The second kappa shape index (κ2) is 8.31. The number of carbonyl (C=O) groups excluding carboxylic acids is 1. The zero-order valence-electron chi connectivity index (χ0n) is 12.3. The lowest BCUT2D eigenvalue weighted by atomic mass is 10.0. The minimum atomic E-state index is -0.0253. The normalized spacial score (nSPS) is 10.6. The molecule has 0 unspecified atom stereocenters. The van der Waals surface area contributed by atoms with Gasteiger partial charge in [-0.05, 0) is 5.92 Å². The fraction of sp³-hybridized carbons (Fsp3) is 0.615. The summed E-state index contributed by atoms with van der Waals surface area (Å²) in [5.74, 6) is 1.36. The fourth-order valence-electron chi connectivity index (χ4n) is 1.79. The van der Waals surface area contributed by atoms with Crippen molar-refractivity contribution >= 4 is 17.5 Å². The third kappa shape index (κ3) is 5.00. The van der Waals surface area contributed by atoms with Crippen LogP contribution in [0.1, 0.15) is 31.7 Å². The van der Waals surface area contributed by atoms with Crippen molar-refractivity contribution < 1.29 is 9.53 Å². The van der Waals surface area contributed by atoms with Gasteiger partial charge in [-0.2, -0.15) is 0 Å². The van der Waals surface area contributed by atoms with Crippen molar-refractivity contribution in [3.8, 4) is 0 Å². The van der Waals surface area contributed by atoms with Gasteiger partial charge in [-0.1, -0.05) is 13.8 Å². The van der Waals surface area contributed by atoms with Crippen molar-refractivity contribution in [2.24, 2.45) is 0 Å². The molecule has 0 aliphatic carbocycles. The highest BCUT2D eigenvalue weighted by Gasteiger charge is 2.12. The van der Waals surface area contributed by atoms with Crippen molar-refractivity contribution in [3.05, 3.63) is 11.9 Å². The van der Waals surface area contributed by atoms with Crippen LogP contribution in [0, 0.1) is 0 Å². The maximum Gasteiger partial charge on any atom is 0.221 e. The van der Waals surface area contributed by atoms with E-state index in [0.717, 1.165) is 5.56 Å². The third-order valence-corrected chi connectivity index (χ3v) is 2.76. The molecule has 7 nitrogen and oxygen atoms in total. The van der Waals surface area contributed by atoms with Crippen LogP contribution < -0.4 is 16.4 Å². The number of nitrogen functional groups attached to an aromatic ring is 1. The largest absolute Gasteiger partial charge is 0.383 e. The minimum absolute atomic E-state index is 0.0253. The molecule has 1 amide bonds. The Bertz CT molecular complexity index is 437. The van der Waals surface area contributed by atoms with E-state index in [1.165, 1.54) is 6.33 Å². The molecule has 0 radical (unpaired) electrons. The molecule has 0 saturated heterocycles. The first-order valence-corrected chi connectivity index (χ1v) is 6.66. The van der Waals surface area contributed by atoms with E-state index < -0.39 is 0 Å². The first-order chi connectivity index (χ1) is 9.56. The molecule has 1 heterocycles. The average Bonchev–Trinajstić information content (AvgIpc) is 2.38. The molecule has 4 N–H and O–H groups in total. The standard InChI is InChI=1S/C13H23N5O2/c1-9(2)11-12(14)17-8-18-13(11)16-5-4-10(19)15-6-7-20-3/h8-9H,4-7H2,1-3H3,(H,15,19)(H3,14,16,17,18). The SMILES string of the molecule is COCCNC(=O)CCNc1ncnc(N)c1C(C)C. The summed E-state index contributed by atoms with van der Waals surface area (Å²) in [6, 6.07) is 0. The van der Waals surface area contributed by atoms with E-state index >= 15 is 0 Å². The number of rotatable bonds is 8. The zero-order chi connectivity index (χ0) is 15.0. The van der Waals surface area contributed by atoms with Gasteiger partial charge in [0.05, 0.1) is 6.61 Å². The smallest absolute Gasteiger partial charge is 0.221 e. The summed E-state index contributed by atoms with van der Waals surface area (Å²) < 4.78 is 4.86. The van der Waals surface area contributed by atoms with Crippen LogP contribution >= 0.6 is 0 Å². The number of hydrogen-bond acceptors (Lipinski definition) is 6. The van der Waals surface area contributed by atoms with Gasteiger partial charge in [-0.15, -0.1) is 0 Å². The van der Waals surface area contributed by atoms with Crippen LogP contribution in [0.2, 0.25) is 0 Å². The summed E-state index contributed by atoms with van der Waals surface area (Å²) >= 11 is 0. The van der Waals surface area contributed by atoms with Crippen LogP contribution in [-0.2, 0) is 9.53 Å². The Labute approximate surface area is 119 Å². The van der Waals surface area contributed by atoms with Crippen molar-refractivity contribution in [3.63, 3.8) is 0 Å². The highest BCUT2D eigenvalue weighted by Crippen LogP contribution is 2.25. The van der Waals surface area contributed by atoms with Gasteiger partial charge < -0.3 is 21.1 Å². The minimum Gasteiger partial charge on any atom is -0.383 e. The maximum atomic E-state index is 11.5. The first-order valence-electron chi connectivity index (χ1n) is 6.66. The second-order valence-electron chi connectivity index (χ2n) is 4.70. The Hall–Kier alpha value is -1.89. The van der Waals surface area contributed by atoms with Crippen molar-refractivity contribution in [1.29, 1.82) is 0 Å². The molecular formula is C13H23N5O2. The second-order valence-corrected chi connectivity index (χ2v) is 4.70. The molecule has 0 bridgehead atoms. The third-order valence-electron chi connectivity index (χ3n) is 2.76.